The van der Waals surface area contributed by atoms with Crippen LogP contribution in [0.4, 0.5) is 0 Å². The van der Waals surface area contributed by atoms with Gasteiger partial charge in [0.15, 0.2) is 0 Å². The molecule has 1 aromatic carbocycles. The Hall–Kier alpha value is -1.26. The van der Waals surface area contributed by atoms with Crippen LogP contribution in [0.1, 0.15) is 31.0 Å². The largest absolute Gasteiger partial charge is 0.497 e. The summed E-state index contributed by atoms with van der Waals surface area (Å²) >= 11 is 6.32. The van der Waals surface area contributed by atoms with Gasteiger partial charge in [-0.05, 0) is 45.0 Å². The molecule has 4 nitrogen and oxygen atoms in total. The summed E-state index contributed by atoms with van der Waals surface area (Å²) in [6, 6.07) is 6.04. The van der Waals surface area contributed by atoms with Crippen LogP contribution in [0.2, 0.25) is 0 Å². The van der Waals surface area contributed by atoms with E-state index in [-0.39, 0.29) is 5.38 Å². The molecule has 21 heavy (non-hydrogen) atoms. The molecule has 5 heteroatoms. The van der Waals surface area contributed by atoms with Gasteiger partial charge in [0.05, 0.1) is 23.5 Å². The van der Waals surface area contributed by atoms with E-state index in [0.717, 1.165) is 35.7 Å². The van der Waals surface area contributed by atoms with Gasteiger partial charge in [-0.25, -0.2) is 4.98 Å². The zero-order valence-corrected chi connectivity index (χ0v) is 13.4. The molecule has 0 amide bonds. The highest BCUT2D eigenvalue weighted by atomic mass is 35.5. The summed E-state index contributed by atoms with van der Waals surface area (Å²) in [5, 5.41) is -0.0954. The van der Waals surface area contributed by atoms with E-state index in [2.05, 4.69) is 15.5 Å². The third-order valence-electron chi connectivity index (χ3n) is 4.18. The van der Waals surface area contributed by atoms with Crippen molar-refractivity contribution in [3.63, 3.8) is 0 Å². The van der Waals surface area contributed by atoms with Gasteiger partial charge in [0, 0.05) is 19.2 Å². The van der Waals surface area contributed by atoms with E-state index in [1.54, 1.807) is 7.11 Å². The van der Waals surface area contributed by atoms with Gasteiger partial charge < -0.3 is 14.2 Å². The molecule has 0 radical (unpaired) electrons. The molecule has 1 aromatic heterocycles. The minimum absolute atomic E-state index is 0.0954. The third kappa shape index (κ3) is 3.01. The SMILES string of the molecule is COc1ccc2c(c1)nc(C(C)Cl)n2CCN1CCCC1. The van der Waals surface area contributed by atoms with E-state index in [1.807, 2.05) is 19.1 Å². The molecule has 1 aliphatic rings. The molecule has 2 aromatic rings. The van der Waals surface area contributed by atoms with E-state index >= 15 is 0 Å². The fraction of sp³-hybridized carbons (Fsp3) is 0.562. The quantitative estimate of drug-likeness (QED) is 0.793. The topological polar surface area (TPSA) is 30.3 Å². The van der Waals surface area contributed by atoms with Crippen molar-refractivity contribution in [1.29, 1.82) is 0 Å². The monoisotopic (exact) mass is 307 g/mol. The molecular formula is C16H22ClN3O. The Morgan fingerprint density at radius 1 is 1.29 bits per heavy atom. The second-order valence-corrected chi connectivity index (χ2v) is 6.30. The lowest BCUT2D eigenvalue weighted by Gasteiger charge is -2.17. The zero-order valence-electron chi connectivity index (χ0n) is 12.7. The van der Waals surface area contributed by atoms with Gasteiger partial charge in [-0.15, -0.1) is 11.6 Å². The number of nitrogens with zero attached hydrogens (tertiary/aromatic N) is 3. The Labute approximate surface area is 130 Å². The third-order valence-corrected chi connectivity index (χ3v) is 4.37. The Kier molecular flexibility index (Phi) is 4.36. The van der Waals surface area contributed by atoms with E-state index in [9.17, 15) is 0 Å². The van der Waals surface area contributed by atoms with Crippen LogP contribution in [0.3, 0.4) is 0 Å². The van der Waals surface area contributed by atoms with Gasteiger partial charge in [-0.3, -0.25) is 0 Å². The molecule has 1 atom stereocenters. The predicted molar refractivity (Wildman–Crippen MR) is 86.2 cm³/mol. The van der Waals surface area contributed by atoms with Crippen molar-refractivity contribution < 1.29 is 4.74 Å². The van der Waals surface area contributed by atoms with Gasteiger partial charge in [-0.2, -0.15) is 0 Å². The van der Waals surface area contributed by atoms with Crippen LogP contribution < -0.4 is 4.74 Å². The van der Waals surface area contributed by atoms with Gasteiger partial charge in [0.25, 0.3) is 0 Å². The van der Waals surface area contributed by atoms with Crippen LogP contribution in [0.25, 0.3) is 11.0 Å². The summed E-state index contributed by atoms with van der Waals surface area (Å²) in [4.78, 5) is 7.21. The molecule has 1 fully saturated rings. The van der Waals surface area contributed by atoms with Crippen LogP contribution in [-0.2, 0) is 6.54 Å². The lowest BCUT2D eigenvalue weighted by Crippen LogP contribution is -2.24. The Balaban J connectivity index is 1.91. The van der Waals surface area contributed by atoms with Crippen molar-refractivity contribution in [2.45, 2.75) is 31.7 Å². The summed E-state index contributed by atoms with van der Waals surface area (Å²) < 4.78 is 7.54. The highest BCUT2D eigenvalue weighted by Gasteiger charge is 2.17. The highest BCUT2D eigenvalue weighted by Crippen LogP contribution is 2.27. The fourth-order valence-corrected chi connectivity index (χ4v) is 3.21. The Morgan fingerprint density at radius 2 is 2.05 bits per heavy atom. The number of aromatic nitrogens is 2. The minimum atomic E-state index is -0.0954. The number of rotatable bonds is 5. The van der Waals surface area contributed by atoms with Crippen molar-refractivity contribution >= 4 is 22.6 Å². The number of alkyl halides is 1. The number of ether oxygens (including phenoxy) is 1. The fourth-order valence-electron chi connectivity index (χ4n) is 3.04. The summed E-state index contributed by atoms with van der Waals surface area (Å²) in [5.74, 6) is 1.78. The molecule has 1 unspecified atom stereocenters. The molecule has 1 aliphatic heterocycles. The average Bonchev–Trinajstić information content (AvgIpc) is 3.11. The van der Waals surface area contributed by atoms with Crippen molar-refractivity contribution in [2.75, 3.05) is 26.7 Å². The van der Waals surface area contributed by atoms with Crippen LogP contribution in [0.5, 0.6) is 5.75 Å². The number of imidazole rings is 1. The second-order valence-electron chi connectivity index (χ2n) is 5.64. The minimum Gasteiger partial charge on any atom is -0.497 e. The molecule has 0 bridgehead atoms. The zero-order chi connectivity index (χ0) is 14.8. The number of hydrogen-bond acceptors (Lipinski definition) is 3. The van der Waals surface area contributed by atoms with Crippen LogP contribution in [0.15, 0.2) is 18.2 Å². The molecule has 0 spiro atoms. The number of fused-ring (bicyclic) bond motifs is 1. The van der Waals surface area contributed by atoms with E-state index in [0.29, 0.717) is 0 Å². The van der Waals surface area contributed by atoms with Gasteiger partial charge in [-0.1, -0.05) is 0 Å². The molecule has 0 aliphatic carbocycles. The second kappa shape index (κ2) is 6.24. The summed E-state index contributed by atoms with van der Waals surface area (Å²) in [6.45, 7) is 6.41. The van der Waals surface area contributed by atoms with Crippen molar-refractivity contribution in [3.05, 3.63) is 24.0 Å². The number of halogens is 1. The highest BCUT2D eigenvalue weighted by molar-refractivity contribution is 6.20. The molecule has 0 N–H and O–H groups in total. The van der Waals surface area contributed by atoms with Gasteiger partial charge in [0.1, 0.15) is 11.6 Å². The molecule has 114 valence electrons. The lowest BCUT2D eigenvalue weighted by molar-refractivity contribution is 0.322. The first-order chi connectivity index (χ1) is 10.2. The standard InChI is InChI=1S/C16H22ClN3O/c1-12(17)16-18-14-11-13(21-2)5-6-15(14)20(16)10-9-19-7-3-4-8-19/h5-6,11-12H,3-4,7-10H2,1-2H3. The van der Waals surface area contributed by atoms with Gasteiger partial charge >= 0.3 is 0 Å². The molecule has 0 saturated carbocycles. The number of likely N-dealkylation sites (tertiary alicyclic amines) is 1. The predicted octanol–water partition coefficient (Wildman–Crippen LogP) is 3.44. The summed E-state index contributed by atoms with van der Waals surface area (Å²) in [6.07, 6.45) is 2.64. The van der Waals surface area contributed by atoms with Crippen LogP contribution in [0, 0.1) is 0 Å². The molecule has 1 saturated heterocycles. The number of methoxy groups -OCH3 is 1. The van der Waals surface area contributed by atoms with Crippen molar-refractivity contribution in [3.8, 4) is 5.75 Å². The molecule has 3 rings (SSSR count). The Morgan fingerprint density at radius 3 is 2.71 bits per heavy atom. The lowest BCUT2D eigenvalue weighted by atomic mass is 10.3. The first kappa shape index (κ1) is 14.7. The summed E-state index contributed by atoms with van der Waals surface area (Å²) in [7, 11) is 1.68. The van der Waals surface area contributed by atoms with Crippen LogP contribution in [-0.4, -0.2) is 41.2 Å². The first-order valence-electron chi connectivity index (χ1n) is 7.59. The average molecular weight is 308 g/mol. The first-order valence-corrected chi connectivity index (χ1v) is 8.03. The van der Waals surface area contributed by atoms with Gasteiger partial charge in [0.2, 0.25) is 0 Å². The Bertz CT molecular complexity index is 617. The molecule has 2 heterocycles. The smallest absolute Gasteiger partial charge is 0.127 e. The summed E-state index contributed by atoms with van der Waals surface area (Å²) in [5.41, 5.74) is 2.09. The number of hydrogen-bond donors (Lipinski definition) is 0. The maximum Gasteiger partial charge on any atom is 0.127 e. The normalized spacial score (nSPS) is 17.5. The van der Waals surface area contributed by atoms with E-state index in [1.165, 1.54) is 25.9 Å². The van der Waals surface area contributed by atoms with Crippen molar-refractivity contribution in [1.82, 2.24) is 14.5 Å². The van der Waals surface area contributed by atoms with E-state index < -0.39 is 0 Å². The van der Waals surface area contributed by atoms with E-state index in [4.69, 9.17) is 21.3 Å². The maximum atomic E-state index is 6.32. The number of benzene rings is 1. The maximum absolute atomic E-state index is 6.32. The van der Waals surface area contributed by atoms with Crippen LogP contribution >= 0.6 is 11.6 Å². The molecular weight excluding hydrogens is 286 g/mol. The van der Waals surface area contributed by atoms with Crippen molar-refractivity contribution in [2.24, 2.45) is 0 Å².